The van der Waals surface area contributed by atoms with Crippen LogP contribution in [-0.4, -0.2) is 21.1 Å². The molecule has 0 aromatic rings. The summed E-state index contributed by atoms with van der Waals surface area (Å²) in [6.45, 7) is 3.69. The maximum absolute atomic E-state index is 8.74. The lowest BCUT2D eigenvalue weighted by Crippen LogP contribution is -1.92. The standard InChI is InChI=1S/C5H9NO2S/c1-4-6-8-5(2)9(4)3-7/h7H,3H2,1-2H3. The van der Waals surface area contributed by atoms with Crippen LogP contribution in [0.4, 0.5) is 0 Å². The van der Waals surface area contributed by atoms with E-state index in [-0.39, 0.29) is 16.4 Å². The molecule has 1 N–H and O–H groups in total. The van der Waals surface area contributed by atoms with E-state index >= 15 is 0 Å². The van der Waals surface area contributed by atoms with Gasteiger partial charge in [-0.05, 0) is 6.92 Å². The van der Waals surface area contributed by atoms with Crippen LogP contribution in [0.3, 0.4) is 0 Å². The topological polar surface area (TPSA) is 41.8 Å². The molecule has 1 heterocycles. The maximum atomic E-state index is 8.74. The van der Waals surface area contributed by atoms with Gasteiger partial charge in [-0.15, -0.1) is 0 Å². The highest BCUT2D eigenvalue weighted by molar-refractivity contribution is 8.28. The second-order valence-corrected chi connectivity index (χ2v) is 3.92. The summed E-state index contributed by atoms with van der Waals surface area (Å²) in [5.41, 5.74) is 0. The summed E-state index contributed by atoms with van der Waals surface area (Å²) in [6, 6.07) is 0. The zero-order valence-corrected chi connectivity index (χ0v) is 6.23. The van der Waals surface area contributed by atoms with E-state index in [0.29, 0.717) is 0 Å². The summed E-state index contributed by atoms with van der Waals surface area (Å²) >= 11 is 0. The Kier molecular flexibility index (Phi) is 1.87. The molecular formula is C5H9NO2S. The minimum atomic E-state index is -0.224. The van der Waals surface area contributed by atoms with E-state index in [1.807, 2.05) is 13.8 Å². The van der Waals surface area contributed by atoms with Gasteiger partial charge in [0.1, 0.15) is 5.04 Å². The van der Waals surface area contributed by atoms with Gasteiger partial charge in [0, 0.05) is 6.92 Å². The Bertz CT molecular complexity index is 185. The molecule has 4 heteroatoms. The van der Waals surface area contributed by atoms with Gasteiger partial charge in [0.05, 0.1) is 5.94 Å². The first-order valence-electron chi connectivity index (χ1n) is 2.62. The Balaban J connectivity index is 2.83. The number of hydrogen-bond donors (Lipinski definition) is 1. The van der Waals surface area contributed by atoms with Crippen LogP contribution in [0.2, 0.25) is 0 Å². The second-order valence-electron chi connectivity index (χ2n) is 1.71. The fourth-order valence-electron chi connectivity index (χ4n) is 0.611. The van der Waals surface area contributed by atoms with Gasteiger partial charge >= 0.3 is 0 Å². The predicted molar refractivity (Wildman–Crippen MR) is 39.6 cm³/mol. The number of nitrogens with zero attached hydrogens (tertiary/aromatic N) is 1. The first kappa shape index (κ1) is 6.77. The van der Waals surface area contributed by atoms with Gasteiger partial charge in [-0.1, -0.05) is 15.6 Å². The average molecular weight is 147 g/mol. The molecular weight excluding hydrogens is 138 g/mol. The summed E-state index contributed by atoms with van der Waals surface area (Å²) in [6.07, 6.45) is 0. The van der Waals surface area contributed by atoms with Crippen LogP contribution in [0.1, 0.15) is 13.8 Å². The van der Waals surface area contributed by atoms with E-state index < -0.39 is 0 Å². The van der Waals surface area contributed by atoms with Crippen molar-refractivity contribution in [1.82, 2.24) is 0 Å². The summed E-state index contributed by atoms with van der Waals surface area (Å²) in [5, 5.41) is 14.1. The first-order valence-corrected chi connectivity index (χ1v) is 4.02. The molecule has 1 atom stereocenters. The van der Waals surface area contributed by atoms with Gasteiger partial charge in [0.25, 0.3) is 0 Å². The fraction of sp³-hybridized carbons (Fsp3) is 0.600. The smallest absolute Gasteiger partial charge is 0.163 e. The van der Waals surface area contributed by atoms with E-state index in [9.17, 15) is 0 Å². The molecule has 1 aliphatic rings. The van der Waals surface area contributed by atoms with Crippen molar-refractivity contribution in [3.05, 3.63) is 0 Å². The van der Waals surface area contributed by atoms with Crippen LogP contribution in [0.15, 0.2) is 5.16 Å². The van der Waals surface area contributed by atoms with Crippen molar-refractivity contribution >= 4 is 20.6 Å². The van der Waals surface area contributed by atoms with Crippen molar-refractivity contribution in [2.45, 2.75) is 13.8 Å². The van der Waals surface area contributed by atoms with Crippen molar-refractivity contribution in [3.63, 3.8) is 0 Å². The molecule has 0 aromatic heterocycles. The van der Waals surface area contributed by atoms with Crippen molar-refractivity contribution in [1.29, 1.82) is 0 Å². The molecule has 0 radical (unpaired) electrons. The highest BCUT2D eigenvalue weighted by Gasteiger charge is 2.11. The molecule has 0 amide bonds. The van der Waals surface area contributed by atoms with Crippen LogP contribution < -0.4 is 0 Å². The average Bonchev–Trinajstić information content (AvgIpc) is 2.12. The largest absolute Gasteiger partial charge is 0.386 e. The SMILES string of the molecule is CC1=NOC(C)=S1CO. The van der Waals surface area contributed by atoms with Crippen molar-refractivity contribution in [2.24, 2.45) is 5.16 Å². The molecule has 0 aromatic carbocycles. The van der Waals surface area contributed by atoms with Crippen LogP contribution >= 0.6 is 10.5 Å². The monoisotopic (exact) mass is 147 g/mol. The predicted octanol–water partition coefficient (Wildman–Crippen LogP) is 0.719. The molecule has 0 spiro atoms. The molecule has 1 aliphatic heterocycles. The van der Waals surface area contributed by atoms with Gasteiger partial charge in [0.2, 0.25) is 0 Å². The highest BCUT2D eigenvalue weighted by atomic mass is 32.2. The van der Waals surface area contributed by atoms with Crippen molar-refractivity contribution in [2.75, 3.05) is 5.94 Å². The molecule has 0 saturated heterocycles. The van der Waals surface area contributed by atoms with Crippen molar-refractivity contribution in [3.8, 4) is 0 Å². The molecule has 9 heavy (non-hydrogen) atoms. The Morgan fingerprint density at radius 2 is 2.33 bits per heavy atom. The van der Waals surface area contributed by atoms with E-state index in [1.54, 1.807) is 0 Å². The van der Waals surface area contributed by atoms with Gasteiger partial charge in [-0.25, -0.2) is 0 Å². The van der Waals surface area contributed by atoms with E-state index in [4.69, 9.17) is 9.94 Å². The van der Waals surface area contributed by atoms with Crippen LogP contribution in [-0.2, 0) is 4.84 Å². The number of aliphatic hydroxyl groups excluding tert-OH is 1. The third-order valence-electron chi connectivity index (χ3n) is 1.14. The molecule has 1 unspecified atom stereocenters. The lowest BCUT2D eigenvalue weighted by molar-refractivity contribution is 0.339. The number of aliphatic hydroxyl groups is 1. The second kappa shape index (κ2) is 2.49. The lowest BCUT2D eigenvalue weighted by Gasteiger charge is -1.95. The molecule has 0 saturated carbocycles. The third-order valence-corrected chi connectivity index (χ3v) is 2.95. The number of hydrogen-bond acceptors (Lipinski definition) is 3. The summed E-state index contributed by atoms with van der Waals surface area (Å²) in [5.74, 6) is 0.126. The van der Waals surface area contributed by atoms with E-state index in [2.05, 4.69) is 5.16 Å². The lowest BCUT2D eigenvalue weighted by atomic mass is 10.9. The maximum Gasteiger partial charge on any atom is 0.163 e. The number of rotatable bonds is 1. The number of oxime groups is 1. The fourth-order valence-corrected chi connectivity index (χ4v) is 1.65. The van der Waals surface area contributed by atoms with Gasteiger partial charge in [-0.2, -0.15) is 0 Å². The summed E-state index contributed by atoms with van der Waals surface area (Å²) in [7, 11) is -0.224. The summed E-state index contributed by atoms with van der Waals surface area (Å²) < 4.78 is 0. The van der Waals surface area contributed by atoms with Gasteiger partial charge in [-0.3, -0.25) is 0 Å². The quantitative estimate of drug-likeness (QED) is 0.555. The Labute approximate surface area is 56.2 Å². The normalized spacial score (nSPS) is 25.9. The molecule has 0 fully saturated rings. The van der Waals surface area contributed by atoms with E-state index in [0.717, 1.165) is 10.1 Å². The Morgan fingerprint density at radius 3 is 2.56 bits per heavy atom. The summed E-state index contributed by atoms with van der Waals surface area (Å²) in [4.78, 5) is 4.83. The first-order chi connectivity index (χ1) is 4.25. The molecule has 0 aliphatic carbocycles. The molecule has 0 bridgehead atoms. The Hall–Kier alpha value is -0.350. The zero-order valence-electron chi connectivity index (χ0n) is 5.42. The molecule has 52 valence electrons. The minimum Gasteiger partial charge on any atom is -0.386 e. The van der Waals surface area contributed by atoms with Crippen LogP contribution in [0, 0.1) is 0 Å². The van der Waals surface area contributed by atoms with Gasteiger partial charge in [0.15, 0.2) is 5.05 Å². The van der Waals surface area contributed by atoms with Crippen LogP contribution in [0.25, 0.3) is 0 Å². The molecule has 1 rings (SSSR count). The van der Waals surface area contributed by atoms with E-state index in [1.165, 1.54) is 0 Å². The minimum absolute atomic E-state index is 0.126. The molecule has 3 nitrogen and oxygen atoms in total. The van der Waals surface area contributed by atoms with Crippen molar-refractivity contribution < 1.29 is 9.94 Å². The highest BCUT2D eigenvalue weighted by Crippen LogP contribution is 2.22. The zero-order chi connectivity index (χ0) is 6.85. The van der Waals surface area contributed by atoms with Gasteiger partial charge < -0.3 is 9.94 Å². The van der Waals surface area contributed by atoms with Crippen LogP contribution in [0.5, 0.6) is 0 Å². The third kappa shape index (κ3) is 1.14. The Morgan fingerprint density at radius 1 is 1.67 bits per heavy atom.